The minimum Gasteiger partial charge on any atom is -0.388 e. The molecule has 1 aromatic carbocycles. The van der Waals surface area contributed by atoms with Gasteiger partial charge in [-0.05, 0) is 24.1 Å². The quantitative estimate of drug-likeness (QED) is 0.890. The van der Waals surface area contributed by atoms with Crippen LogP contribution >= 0.6 is 11.6 Å². The fourth-order valence-electron chi connectivity index (χ4n) is 1.76. The number of hydrogen-bond acceptors (Lipinski definition) is 3. The number of benzene rings is 1. The van der Waals surface area contributed by atoms with Gasteiger partial charge in [0.2, 0.25) is 0 Å². The van der Waals surface area contributed by atoms with E-state index < -0.39 is 6.10 Å². The molecule has 0 aliphatic carbocycles. The van der Waals surface area contributed by atoms with Gasteiger partial charge >= 0.3 is 0 Å². The third kappa shape index (κ3) is 4.05. The number of amides is 1. The summed E-state index contributed by atoms with van der Waals surface area (Å²) in [4.78, 5) is 15.7. The summed E-state index contributed by atoms with van der Waals surface area (Å²) < 4.78 is 0. The third-order valence-corrected chi connectivity index (χ3v) is 3.07. The minimum absolute atomic E-state index is 0.276. The Hall–Kier alpha value is -1.91. The van der Waals surface area contributed by atoms with Gasteiger partial charge in [0.25, 0.3) is 5.91 Å². The van der Waals surface area contributed by atoms with Gasteiger partial charge in [0.1, 0.15) is 5.69 Å². The van der Waals surface area contributed by atoms with Gasteiger partial charge in [-0.15, -0.1) is 0 Å². The Balaban J connectivity index is 1.81. The summed E-state index contributed by atoms with van der Waals surface area (Å²) >= 11 is 5.70. The Morgan fingerprint density at radius 2 is 2.00 bits per heavy atom. The number of nitrogens with zero attached hydrogens (tertiary/aromatic N) is 1. The fourth-order valence-corrected chi connectivity index (χ4v) is 1.88. The number of aromatic nitrogens is 1. The van der Waals surface area contributed by atoms with E-state index in [0.29, 0.717) is 23.7 Å². The van der Waals surface area contributed by atoms with Crippen molar-refractivity contribution in [1.82, 2.24) is 10.3 Å². The number of rotatable bonds is 5. The number of carbonyl (C=O) groups excluding carboxylic acids is 1. The van der Waals surface area contributed by atoms with Crippen LogP contribution in [0.4, 0.5) is 0 Å². The van der Waals surface area contributed by atoms with Gasteiger partial charge in [-0.25, -0.2) is 4.98 Å². The highest BCUT2D eigenvalue weighted by Gasteiger charge is 2.09. The molecule has 0 bridgehead atoms. The van der Waals surface area contributed by atoms with Crippen LogP contribution < -0.4 is 5.32 Å². The SMILES string of the molecule is O=C(NCCC(O)c1ccccc1)c1ccc(Cl)cn1. The zero-order chi connectivity index (χ0) is 14.4. The molecule has 0 aliphatic heterocycles. The monoisotopic (exact) mass is 290 g/mol. The van der Waals surface area contributed by atoms with Gasteiger partial charge in [0.15, 0.2) is 0 Å². The van der Waals surface area contributed by atoms with Crippen LogP contribution in [0.5, 0.6) is 0 Å². The van der Waals surface area contributed by atoms with Crippen LogP contribution in [-0.4, -0.2) is 22.5 Å². The average Bonchev–Trinajstić information content (AvgIpc) is 2.48. The number of pyridine rings is 1. The van der Waals surface area contributed by atoms with Gasteiger partial charge in [0.05, 0.1) is 11.1 Å². The van der Waals surface area contributed by atoms with E-state index >= 15 is 0 Å². The van der Waals surface area contributed by atoms with Crippen molar-refractivity contribution in [2.24, 2.45) is 0 Å². The van der Waals surface area contributed by atoms with Crippen LogP contribution in [0.1, 0.15) is 28.6 Å². The van der Waals surface area contributed by atoms with E-state index in [4.69, 9.17) is 11.6 Å². The highest BCUT2D eigenvalue weighted by Crippen LogP contribution is 2.15. The number of carbonyl (C=O) groups is 1. The fraction of sp³-hybridized carbons (Fsp3) is 0.200. The smallest absolute Gasteiger partial charge is 0.269 e. The summed E-state index contributed by atoms with van der Waals surface area (Å²) in [5.41, 5.74) is 1.15. The van der Waals surface area contributed by atoms with Crippen molar-refractivity contribution in [3.8, 4) is 0 Å². The molecule has 2 N–H and O–H groups in total. The maximum atomic E-state index is 11.8. The van der Waals surface area contributed by atoms with Crippen LogP contribution in [-0.2, 0) is 0 Å². The molecule has 0 spiro atoms. The van der Waals surface area contributed by atoms with E-state index in [0.717, 1.165) is 5.56 Å². The van der Waals surface area contributed by atoms with Crippen LogP contribution in [0.25, 0.3) is 0 Å². The summed E-state index contributed by atoms with van der Waals surface area (Å²) in [6, 6.07) is 12.5. The molecule has 1 aromatic heterocycles. The number of hydrogen-bond donors (Lipinski definition) is 2. The Morgan fingerprint density at radius 3 is 2.65 bits per heavy atom. The van der Waals surface area contributed by atoms with Crippen LogP contribution in [0.3, 0.4) is 0 Å². The Morgan fingerprint density at radius 1 is 1.25 bits per heavy atom. The molecule has 1 heterocycles. The van der Waals surface area contributed by atoms with E-state index in [2.05, 4.69) is 10.3 Å². The zero-order valence-electron chi connectivity index (χ0n) is 10.8. The highest BCUT2D eigenvalue weighted by atomic mass is 35.5. The molecule has 0 saturated heterocycles. The number of nitrogens with one attached hydrogen (secondary N) is 1. The topological polar surface area (TPSA) is 62.2 Å². The lowest BCUT2D eigenvalue weighted by molar-refractivity contribution is 0.0937. The molecule has 0 saturated carbocycles. The van der Waals surface area contributed by atoms with Gasteiger partial charge < -0.3 is 10.4 Å². The first-order chi connectivity index (χ1) is 9.66. The lowest BCUT2D eigenvalue weighted by Gasteiger charge is -2.11. The van der Waals surface area contributed by atoms with E-state index in [-0.39, 0.29) is 5.91 Å². The van der Waals surface area contributed by atoms with Crippen molar-refractivity contribution >= 4 is 17.5 Å². The summed E-state index contributed by atoms with van der Waals surface area (Å²) in [5, 5.41) is 13.2. The van der Waals surface area contributed by atoms with Crippen LogP contribution in [0, 0.1) is 0 Å². The van der Waals surface area contributed by atoms with Crippen LogP contribution in [0.15, 0.2) is 48.7 Å². The molecular formula is C15H15ClN2O2. The van der Waals surface area contributed by atoms with Gasteiger partial charge in [-0.1, -0.05) is 41.9 Å². The highest BCUT2D eigenvalue weighted by molar-refractivity contribution is 6.30. The molecule has 0 fully saturated rings. The van der Waals surface area contributed by atoms with Crippen molar-refractivity contribution in [2.45, 2.75) is 12.5 Å². The van der Waals surface area contributed by atoms with E-state index in [1.54, 1.807) is 12.1 Å². The molecule has 1 amide bonds. The largest absolute Gasteiger partial charge is 0.388 e. The molecule has 104 valence electrons. The Bertz CT molecular complexity index is 558. The zero-order valence-corrected chi connectivity index (χ0v) is 11.5. The van der Waals surface area contributed by atoms with Crippen molar-refractivity contribution in [3.63, 3.8) is 0 Å². The van der Waals surface area contributed by atoms with Crippen LogP contribution in [0.2, 0.25) is 5.02 Å². The second-order valence-electron chi connectivity index (χ2n) is 4.33. The second kappa shape index (κ2) is 7.03. The third-order valence-electron chi connectivity index (χ3n) is 2.85. The average molecular weight is 291 g/mol. The predicted octanol–water partition coefficient (Wildman–Crippen LogP) is 2.59. The lowest BCUT2D eigenvalue weighted by Crippen LogP contribution is -2.26. The molecule has 20 heavy (non-hydrogen) atoms. The molecule has 5 heteroatoms. The lowest BCUT2D eigenvalue weighted by atomic mass is 10.1. The molecular weight excluding hydrogens is 276 g/mol. The van der Waals surface area contributed by atoms with Crippen molar-refractivity contribution in [1.29, 1.82) is 0 Å². The molecule has 2 rings (SSSR count). The first-order valence-electron chi connectivity index (χ1n) is 6.29. The second-order valence-corrected chi connectivity index (χ2v) is 4.77. The first kappa shape index (κ1) is 14.5. The van der Waals surface area contributed by atoms with E-state index in [9.17, 15) is 9.90 Å². The van der Waals surface area contributed by atoms with E-state index in [1.807, 2.05) is 30.3 Å². The predicted molar refractivity (Wildman–Crippen MR) is 77.6 cm³/mol. The summed E-state index contributed by atoms with van der Waals surface area (Å²) in [6.07, 6.45) is 1.29. The number of halogens is 1. The maximum Gasteiger partial charge on any atom is 0.269 e. The normalized spacial score (nSPS) is 11.9. The molecule has 0 aliphatic rings. The van der Waals surface area contributed by atoms with E-state index in [1.165, 1.54) is 6.20 Å². The molecule has 1 unspecified atom stereocenters. The minimum atomic E-state index is -0.588. The Kier molecular flexibility index (Phi) is 5.09. The van der Waals surface area contributed by atoms with Crippen molar-refractivity contribution < 1.29 is 9.90 Å². The number of aliphatic hydroxyl groups is 1. The standard InChI is InChI=1S/C15H15ClN2O2/c16-12-6-7-13(18-10-12)15(20)17-9-8-14(19)11-4-2-1-3-5-11/h1-7,10,14,19H,8-9H2,(H,17,20). The summed E-state index contributed by atoms with van der Waals surface area (Å²) in [7, 11) is 0. The molecule has 0 radical (unpaired) electrons. The summed E-state index contributed by atoms with van der Waals surface area (Å²) in [6.45, 7) is 0.374. The number of aliphatic hydroxyl groups excluding tert-OH is 1. The maximum absolute atomic E-state index is 11.8. The summed E-state index contributed by atoms with van der Waals surface area (Å²) in [5.74, 6) is -0.276. The van der Waals surface area contributed by atoms with Gasteiger partial charge in [-0.2, -0.15) is 0 Å². The Labute approximate surface area is 122 Å². The van der Waals surface area contributed by atoms with Crippen molar-refractivity contribution in [3.05, 3.63) is 64.9 Å². The van der Waals surface area contributed by atoms with Gasteiger partial charge in [0, 0.05) is 12.7 Å². The molecule has 4 nitrogen and oxygen atoms in total. The van der Waals surface area contributed by atoms with Gasteiger partial charge in [-0.3, -0.25) is 4.79 Å². The van der Waals surface area contributed by atoms with Crippen molar-refractivity contribution in [2.75, 3.05) is 6.54 Å². The first-order valence-corrected chi connectivity index (χ1v) is 6.67. The molecule has 1 atom stereocenters. The molecule has 2 aromatic rings.